The summed E-state index contributed by atoms with van der Waals surface area (Å²) in [6.07, 6.45) is 0. The Bertz CT molecular complexity index is 1490. The Morgan fingerprint density at radius 2 is 1.66 bits per heavy atom. The number of anilines is 1. The Morgan fingerprint density at radius 3 is 2.34 bits per heavy atom. The monoisotopic (exact) mass is 489 g/mol. The molecule has 0 saturated carbocycles. The van der Waals surface area contributed by atoms with Crippen LogP contribution in [0, 0.1) is 10.1 Å². The molecule has 0 spiro atoms. The van der Waals surface area contributed by atoms with Crippen molar-refractivity contribution in [2.45, 2.75) is 0 Å². The van der Waals surface area contributed by atoms with Gasteiger partial charge >= 0.3 is 5.63 Å². The first kappa shape index (κ1) is 22.6. The standard InChI is InChI=1S/C26H20ClN3O5/c27-22-16-20(30(33)34)9-10-23(22)28-11-13-29(14-12-28)25(31)18-7-5-17(6-8-18)21-15-19-3-1-2-4-24(19)35-26(21)32/h1-10,15-16H,11-14H2. The lowest BCUT2D eigenvalue weighted by molar-refractivity contribution is -0.384. The van der Waals surface area contributed by atoms with Crippen LogP contribution in [0.4, 0.5) is 11.4 Å². The lowest BCUT2D eigenvalue weighted by atomic mass is 10.0. The number of hydrogen-bond acceptors (Lipinski definition) is 6. The van der Waals surface area contributed by atoms with Crippen molar-refractivity contribution in [3.63, 3.8) is 0 Å². The molecule has 8 nitrogen and oxygen atoms in total. The van der Waals surface area contributed by atoms with Crippen LogP contribution < -0.4 is 10.5 Å². The number of nitro groups is 1. The molecule has 0 radical (unpaired) electrons. The Balaban J connectivity index is 1.28. The van der Waals surface area contributed by atoms with Crippen molar-refractivity contribution in [1.29, 1.82) is 0 Å². The molecule has 4 aromatic rings. The number of carbonyl (C=O) groups is 1. The molecule has 1 fully saturated rings. The molecule has 1 saturated heterocycles. The fourth-order valence-electron chi connectivity index (χ4n) is 4.25. The van der Waals surface area contributed by atoms with Crippen LogP contribution in [0.3, 0.4) is 0 Å². The van der Waals surface area contributed by atoms with Gasteiger partial charge in [0, 0.05) is 49.3 Å². The van der Waals surface area contributed by atoms with Gasteiger partial charge in [0.1, 0.15) is 5.58 Å². The molecule has 0 aliphatic carbocycles. The molecule has 1 aliphatic rings. The summed E-state index contributed by atoms with van der Waals surface area (Å²) >= 11 is 6.25. The number of non-ortho nitro benzene ring substituents is 1. The van der Waals surface area contributed by atoms with E-state index in [0.29, 0.717) is 59.2 Å². The van der Waals surface area contributed by atoms with E-state index in [9.17, 15) is 19.7 Å². The van der Waals surface area contributed by atoms with Crippen LogP contribution in [0.25, 0.3) is 22.1 Å². The number of hydrogen-bond donors (Lipinski definition) is 0. The predicted octanol–water partition coefficient (Wildman–Crippen LogP) is 4.98. The average molecular weight is 490 g/mol. The third kappa shape index (κ3) is 4.48. The average Bonchev–Trinajstić information content (AvgIpc) is 2.88. The molecule has 1 aliphatic heterocycles. The molecular weight excluding hydrogens is 470 g/mol. The molecule has 3 aromatic carbocycles. The topological polar surface area (TPSA) is 96.9 Å². The van der Waals surface area contributed by atoms with Gasteiger partial charge in [0.05, 0.1) is 21.2 Å². The summed E-state index contributed by atoms with van der Waals surface area (Å²) in [5.41, 5.74) is 2.40. The first-order valence-corrected chi connectivity index (χ1v) is 11.4. The van der Waals surface area contributed by atoms with E-state index in [2.05, 4.69) is 0 Å². The normalized spacial score (nSPS) is 13.7. The highest BCUT2D eigenvalue weighted by molar-refractivity contribution is 6.33. The van der Waals surface area contributed by atoms with Crippen molar-refractivity contribution < 1.29 is 14.1 Å². The SMILES string of the molecule is O=C(c1ccc(-c2cc3ccccc3oc2=O)cc1)N1CCN(c2ccc([N+](=O)[O-])cc2Cl)CC1. The molecule has 1 aromatic heterocycles. The van der Waals surface area contributed by atoms with Gasteiger partial charge in [-0.25, -0.2) is 4.79 Å². The highest BCUT2D eigenvalue weighted by atomic mass is 35.5. The third-order valence-electron chi connectivity index (χ3n) is 6.13. The molecule has 9 heteroatoms. The Labute approximate surface area is 205 Å². The van der Waals surface area contributed by atoms with Gasteiger partial charge in [-0.3, -0.25) is 14.9 Å². The minimum atomic E-state index is -0.482. The Hall–Kier alpha value is -4.17. The number of carbonyl (C=O) groups excluding carboxylic acids is 1. The maximum atomic E-state index is 13.0. The number of para-hydroxylation sites is 1. The molecule has 0 N–H and O–H groups in total. The van der Waals surface area contributed by atoms with E-state index >= 15 is 0 Å². The quantitative estimate of drug-likeness (QED) is 0.228. The van der Waals surface area contributed by atoms with Crippen LogP contribution >= 0.6 is 11.6 Å². The van der Waals surface area contributed by atoms with Gasteiger partial charge in [0.15, 0.2) is 0 Å². The lowest BCUT2D eigenvalue weighted by Gasteiger charge is -2.36. The molecule has 2 heterocycles. The van der Waals surface area contributed by atoms with Crippen LogP contribution in [0.5, 0.6) is 0 Å². The number of amides is 1. The van der Waals surface area contributed by atoms with E-state index in [1.165, 1.54) is 12.1 Å². The van der Waals surface area contributed by atoms with Crippen molar-refractivity contribution >= 4 is 39.9 Å². The van der Waals surface area contributed by atoms with E-state index in [4.69, 9.17) is 16.0 Å². The van der Waals surface area contributed by atoms with Crippen molar-refractivity contribution in [3.8, 4) is 11.1 Å². The minimum absolute atomic E-state index is 0.0579. The number of nitrogens with zero attached hydrogens (tertiary/aromatic N) is 3. The maximum absolute atomic E-state index is 13.0. The highest BCUT2D eigenvalue weighted by Crippen LogP contribution is 2.30. The third-order valence-corrected chi connectivity index (χ3v) is 6.44. The zero-order valence-corrected chi connectivity index (χ0v) is 19.3. The Kier molecular flexibility index (Phi) is 5.96. The zero-order valence-electron chi connectivity index (χ0n) is 18.5. The number of rotatable bonds is 4. The summed E-state index contributed by atoms with van der Waals surface area (Å²) in [5.74, 6) is -0.100. The number of halogens is 1. The number of piperazine rings is 1. The van der Waals surface area contributed by atoms with E-state index < -0.39 is 10.5 Å². The van der Waals surface area contributed by atoms with Crippen LogP contribution in [-0.4, -0.2) is 41.9 Å². The number of nitro benzene ring substituents is 1. The lowest BCUT2D eigenvalue weighted by Crippen LogP contribution is -2.48. The predicted molar refractivity (Wildman–Crippen MR) is 134 cm³/mol. The van der Waals surface area contributed by atoms with Gasteiger partial charge in [0.2, 0.25) is 0 Å². The van der Waals surface area contributed by atoms with Gasteiger partial charge in [-0.15, -0.1) is 0 Å². The summed E-state index contributed by atoms with van der Waals surface area (Å²) in [5, 5.41) is 12.1. The summed E-state index contributed by atoms with van der Waals surface area (Å²) in [4.78, 5) is 39.7. The minimum Gasteiger partial charge on any atom is -0.422 e. The van der Waals surface area contributed by atoms with E-state index in [1.54, 1.807) is 47.4 Å². The summed E-state index contributed by atoms with van der Waals surface area (Å²) < 4.78 is 5.42. The maximum Gasteiger partial charge on any atom is 0.344 e. The van der Waals surface area contributed by atoms with E-state index in [0.717, 1.165) is 5.39 Å². The van der Waals surface area contributed by atoms with Crippen molar-refractivity contribution in [3.05, 3.63) is 104 Å². The van der Waals surface area contributed by atoms with Crippen molar-refractivity contribution in [2.75, 3.05) is 31.1 Å². The van der Waals surface area contributed by atoms with Crippen LogP contribution in [0.15, 0.2) is 82.0 Å². The van der Waals surface area contributed by atoms with Gasteiger partial charge < -0.3 is 14.2 Å². The van der Waals surface area contributed by atoms with E-state index in [1.807, 2.05) is 23.1 Å². The largest absolute Gasteiger partial charge is 0.422 e. The zero-order chi connectivity index (χ0) is 24.5. The summed E-state index contributed by atoms with van der Waals surface area (Å²) in [7, 11) is 0. The second-order valence-electron chi connectivity index (χ2n) is 8.23. The van der Waals surface area contributed by atoms with Crippen LogP contribution in [0.2, 0.25) is 5.02 Å². The highest BCUT2D eigenvalue weighted by Gasteiger charge is 2.24. The van der Waals surface area contributed by atoms with Crippen molar-refractivity contribution in [2.24, 2.45) is 0 Å². The van der Waals surface area contributed by atoms with Gasteiger partial charge in [-0.1, -0.05) is 41.9 Å². The van der Waals surface area contributed by atoms with Crippen LogP contribution in [0.1, 0.15) is 10.4 Å². The second kappa shape index (κ2) is 9.23. The fraction of sp³-hybridized carbons (Fsp3) is 0.154. The molecule has 0 atom stereocenters. The number of benzene rings is 3. The van der Waals surface area contributed by atoms with Gasteiger partial charge in [-0.05, 0) is 35.9 Å². The number of fused-ring (bicyclic) bond motifs is 1. The van der Waals surface area contributed by atoms with Crippen molar-refractivity contribution in [1.82, 2.24) is 4.90 Å². The molecule has 0 unspecified atom stereocenters. The molecule has 0 bridgehead atoms. The molecule has 35 heavy (non-hydrogen) atoms. The smallest absolute Gasteiger partial charge is 0.344 e. The van der Waals surface area contributed by atoms with Gasteiger partial charge in [0.25, 0.3) is 11.6 Å². The molecule has 1 amide bonds. The first-order chi connectivity index (χ1) is 16.9. The molecule has 5 rings (SSSR count). The summed E-state index contributed by atoms with van der Waals surface area (Å²) in [6.45, 7) is 2.09. The fourth-order valence-corrected chi connectivity index (χ4v) is 4.55. The summed E-state index contributed by atoms with van der Waals surface area (Å²) in [6, 6.07) is 20.4. The first-order valence-electron chi connectivity index (χ1n) is 11.0. The van der Waals surface area contributed by atoms with E-state index in [-0.39, 0.29) is 11.6 Å². The van der Waals surface area contributed by atoms with Crippen LogP contribution in [-0.2, 0) is 0 Å². The second-order valence-corrected chi connectivity index (χ2v) is 8.64. The molecular formula is C26H20ClN3O5. The van der Waals surface area contributed by atoms with Gasteiger partial charge in [-0.2, -0.15) is 0 Å². The molecule has 176 valence electrons. The Morgan fingerprint density at radius 1 is 0.943 bits per heavy atom.